The zero-order chi connectivity index (χ0) is 16.9. The van der Waals surface area contributed by atoms with Crippen LogP contribution in [0.3, 0.4) is 0 Å². The van der Waals surface area contributed by atoms with Gasteiger partial charge in [-0.1, -0.05) is 66.7 Å². The van der Waals surface area contributed by atoms with Crippen LogP contribution in [0.25, 0.3) is 16.7 Å². The highest BCUT2D eigenvalue weighted by atomic mass is 16.3. The third-order valence-electron chi connectivity index (χ3n) is 4.11. The van der Waals surface area contributed by atoms with E-state index in [9.17, 15) is 10.2 Å². The van der Waals surface area contributed by atoms with E-state index in [-0.39, 0.29) is 12.4 Å². The number of benzene rings is 3. The number of phenolic OH excluding ortho intramolecular Hbond substituents is 1. The fraction of sp³-hybridized carbons (Fsp3) is 0.0909. The van der Waals surface area contributed by atoms with Crippen LogP contribution in [0.2, 0.25) is 0 Å². The zero-order valence-electron chi connectivity index (χ0n) is 13.6. The van der Waals surface area contributed by atoms with Crippen molar-refractivity contribution in [2.45, 2.75) is 6.92 Å². The molecule has 0 aromatic heterocycles. The van der Waals surface area contributed by atoms with Crippen molar-refractivity contribution in [2.24, 2.45) is 0 Å². The molecule has 120 valence electrons. The van der Waals surface area contributed by atoms with Gasteiger partial charge in [-0.15, -0.1) is 0 Å². The molecule has 0 unspecified atom stereocenters. The van der Waals surface area contributed by atoms with Crippen LogP contribution in [0.1, 0.15) is 16.7 Å². The minimum absolute atomic E-state index is 0.0507. The lowest BCUT2D eigenvalue weighted by atomic mass is 9.92. The molecule has 2 heteroatoms. The molecule has 2 N–H and O–H groups in total. The first-order valence-electron chi connectivity index (χ1n) is 7.96. The van der Waals surface area contributed by atoms with Gasteiger partial charge in [0.2, 0.25) is 0 Å². The molecule has 3 rings (SSSR count). The Hall–Kier alpha value is -2.84. The van der Waals surface area contributed by atoms with Crippen LogP contribution in [-0.2, 0) is 0 Å². The first-order valence-corrected chi connectivity index (χ1v) is 7.96. The third kappa shape index (κ3) is 3.39. The second-order valence-corrected chi connectivity index (χ2v) is 5.74. The highest BCUT2D eigenvalue weighted by Crippen LogP contribution is 2.30. The maximum Gasteiger partial charge on any atom is 0.116 e. The summed E-state index contributed by atoms with van der Waals surface area (Å²) in [5, 5.41) is 19.2. The van der Waals surface area contributed by atoms with Crippen LogP contribution in [0.4, 0.5) is 0 Å². The van der Waals surface area contributed by atoms with Crippen molar-refractivity contribution in [1.29, 1.82) is 0 Å². The quantitative estimate of drug-likeness (QED) is 0.726. The van der Waals surface area contributed by atoms with Crippen molar-refractivity contribution < 1.29 is 10.2 Å². The van der Waals surface area contributed by atoms with E-state index in [1.165, 1.54) is 5.56 Å². The standard InChI is InChI=1S/C22H20O2/c1-16-7-12-20(24)15-22(16)21(13-14-23)19-10-8-18(9-11-19)17-5-3-2-4-6-17/h2-13,15,23-24H,14H2,1H3/b21-13-. The predicted octanol–water partition coefficient (Wildman–Crippen LogP) is 4.79. The molecule has 0 saturated carbocycles. The molecule has 2 nitrogen and oxygen atoms in total. The molecule has 0 aliphatic carbocycles. The van der Waals surface area contributed by atoms with Gasteiger partial charge in [-0.2, -0.15) is 0 Å². The van der Waals surface area contributed by atoms with Crippen LogP contribution in [0.15, 0.2) is 78.9 Å². The van der Waals surface area contributed by atoms with Gasteiger partial charge in [0.15, 0.2) is 0 Å². The van der Waals surface area contributed by atoms with Gasteiger partial charge in [-0.3, -0.25) is 0 Å². The number of aromatic hydroxyl groups is 1. The number of aliphatic hydroxyl groups excluding tert-OH is 1. The predicted molar refractivity (Wildman–Crippen MR) is 98.9 cm³/mol. The van der Waals surface area contributed by atoms with Gasteiger partial charge in [0.05, 0.1) is 6.61 Å². The fourth-order valence-electron chi connectivity index (χ4n) is 2.85. The summed E-state index contributed by atoms with van der Waals surface area (Å²) in [5.74, 6) is 0.223. The Balaban J connectivity index is 2.01. The third-order valence-corrected chi connectivity index (χ3v) is 4.11. The van der Waals surface area contributed by atoms with Crippen LogP contribution >= 0.6 is 0 Å². The van der Waals surface area contributed by atoms with E-state index in [1.807, 2.05) is 43.3 Å². The topological polar surface area (TPSA) is 40.5 Å². The molecule has 24 heavy (non-hydrogen) atoms. The number of hydrogen-bond acceptors (Lipinski definition) is 2. The average molecular weight is 316 g/mol. The van der Waals surface area contributed by atoms with Gasteiger partial charge in [-0.25, -0.2) is 0 Å². The van der Waals surface area contributed by atoms with E-state index in [1.54, 1.807) is 18.2 Å². The van der Waals surface area contributed by atoms with Gasteiger partial charge < -0.3 is 10.2 Å². The fourth-order valence-corrected chi connectivity index (χ4v) is 2.85. The summed E-state index contributed by atoms with van der Waals surface area (Å²) in [6.45, 7) is 1.95. The summed E-state index contributed by atoms with van der Waals surface area (Å²) in [6, 6.07) is 23.8. The lowest BCUT2D eigenvalue weighted by Gasteiger charge is -2.13. The summed E-state index contributed by atoms with van der Waals surface area (Å²) >= 11 is 0. The lowest BCUT2D eigenvalue weighted by molar-refractivity contribution is 0.343. The molecule has 0 aliphatic rings. The van der Waals surface area contributed by atoms with E-state index in [2.05, 4.69) is 24.3 Å². The van der Waals surface area contributed by atoms with Crippen LogP contribution in [-0.4, -0.2) is 16.8 Å². The van der Waals surface area contributed by atoms with Crippen LogP contribution < -0.4 is 0 Å². The Kier molecular flexibility index (Phi) is 4.78. The largest absolute Gasteiger partial charge is 0.508 e. The van der Waals surface area contributed by atoms with Crippen LogP contribution in [0, 0.1) is 6.92 Å². The number of hydrogen-bond donors (Lipinski definition) is 2. The Morgan fingerprint density at radius 1 is 0.875 bits per heavy atom. The first kappa shape index (κ1) is 16.0. The highest BCUT2D eigenvalue weighted by Gasteiger charge is 2.09. The first-order chi connectivity index (χ1) is 11.7. The number of aryl methyl sites for hydroxylation is 1. The molecule has 0 radical (unpaired) electrons. The number of aliphatic hydroxyl groups is 1. The molecule has 0 atom stereocenters. The zero-order valence-corrected chi connectivity index (χ0v) is 13.6. The van der Waals surface area contributed by atoms with Crippen LogP contribution in [0.5, 0.6) is 5.75 Å². The van der Waals surface area contributed by atoms with E-state index >= 15 is 0 Å². The molecule has 0 saturated heterocycles. The molecule has 0 fully saturated rings. The Morgan fingerprint density at radius 3 is 2.21 bits per heavy atom. The van der Waals surface area contributed by atoms with Gasteiger partial charge >= 0.3 is 0 Å². The molecule has 0 spiro atoms. The summed E-state index contributed by atoms with van der Waals surface area (Å²) in [6.07, 6.45) is 1.78. The normalized spacial score (nSPS) is 11.5. The molecular formula is C22H20O2. The van der Waals surface area contributed by atoms with Crippen molar-refractivity contribution in [1.82, 2.24) is 0 Å². The Bertz CT molecular complexity index is 847. The van der Waals surface area contributed by atoms with E-state index in [0.717, 1.165) is 27.8 Å². The van der Waals surface area contributed by atoms with Gasteiger partial charge in [0.25, 0.3) is 0 Å². The van der Waals surface area contributed by atoms with E-state index in [4.69, 9.17) is 0 Å². The van der Waals surface area contributed by atoms with Crippen molar-refractivity contribution in [3.63, 3.8) is 0 Å². The van der Waals surface area contributed by atoms with Crippen molar-refractivity contribution in [3.05, 3.63) is 95.6 Å². The molecule has 0 amide bonds. The van der Waals surface area contributed by atoms with Gasteiger partial charge in [-0.05, 0) is 52.4 Å². The van der Waals surface area contributed by atoms with Gasteiger partial charge in [0.1, 0.15) is 5.75 Å². The maximum atomic E-state index is 9.80. The summed E-state index contributed by atoms with van der Waals surface area (Å²) < 4.78 is 0. The summed E-state index contributed by atoms with van der Waals surface area (Å²) in [5.41, 5.74) is 6.24. The second kappa shape index (κ2) is 7.16. The minimum atomic E-state index is -0.0507. The monoisotopic (exact) mass is 316 g/mol. The molecule has 0 aliphatic heterocycles. The van der Waals surface area contributed by atoms with E-state index < -0.39 is 0 Å². The lowest BCUT2D eigenvalue weighted by Crippen LogP contribution is -1.93. The Labute approximate surface area is 142 Å². The van der Waals surface area contributed by atoms with Crippen molar-refractivity contribution >= 4 is 5.57 Å². The average Bonchev–Trinajstić information content (AvgIpc) is 2.63. The van der Waals surface area contributed by atoms with Crippen molar-refractivity contribution in [3.8, 4) is 16.9 Å². The number of rotatable bonds is 4. The second-order valence-electron chi connectivity index (χ2n) is 5.74. The molecule has 3 aromatic carbocycles. The number of phenols is 1. The molecule has 0 heterocycles. The molecule has 0 bridgehead atoms. The minimum Gasteiger partial charge on any atom is -0.508 e. The summed E-state index contributed by atoms with van der Waals surface area (Å²) in [7, 11) is 0. The van der Waals surface area contributed by atoms with Crippen molar-refractivity contribution in [2.75, 3.05) is 6.61 Å². The Morgan fingerprint density at radius 2 is 1.54 bits per heavy atom. The summed E-state index contributed by atoms with van der Waals surface area (Å²) in [4.78, 5) is 0. The smallest absolute Gasteiger partial charge is 0.116 e. The van der Waals surface area contributed by atoms with Gasteiger partial charge in [0, 0.05) is 0 Å². The molecule has 3 aromatic rings. The highest BCUT2D eigenvalue weighted by molar-refractivity contribution is 5.83. The van der Waals surface area contributed by atoms with E-state index in [0.29, 0.717) is 0 Å². The SMILES string of the molecule is Cc1ccc(O)cc1/C(=C\CO)c1ccc(-c2ccccc2)cc1. The molecular weight excluding hydrogens is 296 g/mol. The maximum absolute atomic E-state index is 9.80.